The number of rotatable bonds is 9. The molecule has 1 aromatic carbocycles. The van der Waals surface area contributed by atoms with Crippen LogP contribution >= 0.6 is 0 Å². The lowest BCUT2D eigenvalue weighted by atomic mass is 10.1. The van der Waals surface area contributed by atoms with Crippen LogP contribution in [0.15, 0.2) is 36.5 Å². The normalized spacial score (nSPS) is 11.8. The van der Waals surface area contributed by atoms with Gasteiger partial charge in [-0.1, -0.05) is 51.8 Å². The second-order valence-corrected chi connectivity index (χ2v) is 6.88. The SMILES string of the molecule is CC.CCCC[C@@H](CCO)Nc1nc(C)nc2ccn(Cc3ccccc3F)c12. The zero-order valence-electron chi connectivity index (χ0n) is 18.0. The molecular formula is C23H33FN4O. The fourth-order valence-electron chi connectivity index (χ4n) is 3.35. The van der Waals surface area contributed by atoms with Gasteiger partial charge in [-0.25, -0.2) is 14.4 Å². The van der Waals surface area contributed by atoms with Crippen molar-refractivity contribution in [3.05, 3.63) is 53.7 Å². The molecule has 6 heteroatoms. The first kappa shape index (κ1) is 22.8. The molecule has 0 saturated carbocycles. The van der Waals surface area contributed by atoms with E-state index in [2.05, 4.69) is 22.2 Å². The first-order valence-corrected chi connectivity index (χ1v) is 10.6. The van der Waals surface area contributed by atoms with E-state index in [0.29, 0.717) is 24.4 Å². The van der Waals surface area contributed by atoms with Gasteiger partial charge < -0.3 is 15.0 Å². The van der Waals surface area contributed by atoms with E-state index in [1.807, 2.05) is 43.7 Å². The summed E-state index contributed by atoms with van der Waals surface area (Å²) in [6, 6.07) is 8.88. The second kappa shape index (κ2) is 11.5. The van der Waals surface area contributed by atoms with Gasteiger partial charge in [0, 0.05) is 24.4 Å². The Morgan fingerprint density at radius 3 is 2.59 bits per heavy atom. The molecule has 0 radical (unpaired) electrons. The third-order valence-electron chi connectivity index (χ3n) is 4.75. The Kier molecular flexibility index (Phi) is 9.06. The van der Waals surface area contributed by atoms with Crippen LogP contribution in [0.4, 0.5) is 10.2 Å². The smallest absolute Gasteiger partial charge is 0.154 e. The molecule has 0 fully saturated rings. The molecular weight excluding hydrogens is 367 g/mol. The molecule has 1 atom stereocenters. The number of aliphatic hydroxyl groups excluding tert-OH is 1. The summed E-state index contributed by atoms with van der Waals surface area (Å²) in [6.45, 7) is 8.57. The lowest BCUT2D eigenvalue weighted by Gasteiger charge is -2.20. The van der Waals surface area contributed by atoms with Gasteiger partial charge in [0.15, 0.2) is 5.82 Å². The first-order chi connectivity index (χ1) is 14.1. The highest BCUT2D eigenvalue weighted by Crippen LogP contribution is 2.25. The van der Waals surface area contributed by atoms with Crippen molar-refractivity contribution in [2.75, 3.05) is 11.9 Å². The van der Waals surface area contributed by atoms with E-state index in [1.165, 1.54) is 6.07 Å². The predicted molar refractivity (Wildman–Crippen MR) is 118 cm³/mol. The number of nitrogens with zero attached hydrogens (tertiary/aromatic N) is 3. The maximum Gasteiger partial charge on any atom is 0.154 e. The van der Waals surface area contributed by atoms with Crippen molar-refractivity contribution in [2.24, 2.45) is 0 Å². The van der Waals surface area contributed by atoms with Crippen molar-refractivity contribution in [3.8, 4) is 0 Å². The Morgan fingerprint density at radius 2 is 1.90 bits per heavy atom. The summed E-state index contributed by atoms with van der Waals surface area (Å²) in [4.78, 5) is 9.13. The summed E-state index contributed by atoms with van der Waals surface area (Å²) >= 11 is 0. The average molecular weight is 401 g/mol. The van der Waals surface area contributed by atoms with Crippen molar-refractivity contribution in [1.29, 1.82) is 0 Å². The summed E-state index contributed by atoms with van der Waals surface area (Å²) in [5.74, 6) is 1.21. The van der Waals surface area contributed by atoms with Gasteiger partial charge in [-0.2, -0.15) is 0 Å². The lowest BCUT2D eigenvalue weighted by Crippen LogP contribution is -2.22. The van der Waals surface area contributed by atoms with Gasteiger partial charge >= 0.3 is 0 Å². The Bertz CT molecular complexity index is 894. The summed E-state index contributed by atoms with van der Waals surface area (Å²) in [5, 5.41) is 12.9. The average Bonchev–Trinajstić information content (AvgIpc) is 3.12. The summed E-state index contributed by atoms with van der Waals surface area (Å²) in [7, 11) is 0. The highest BCUT2D eigenvalue weighted by Gasteiger charge is 2.16. The minimum atomic E-state index is -0.219. The molecule has 158 valence electrons. The number of hydrogen-bond acceptors (Lipinski definition) is 4. The molecule has 5 nitrogen and oxygen atoms in total. The molecule has 29 heavy (non-hydrogen) atoms. The molecule has 0 aliphatic heterocycles. The summed E-state index contributed by atoms with van der Waals surface area (Å²) in [6.07, 6.45) is 5.74. The number of nitrogens with one attached hydrogen (secondary N) is 1. The summed E-state index contributed by atoms with van der Waals surface area (Å²) in [5.41, 5.74) is 2.32. The molecule has 0 amide bonds. The van der Waals surface area contributed by atoms with Crippen LogP contribution in [-0.2, 0) is 6.54 Å². The van der Waals surface area contributed by atoms with Crippen molar-refractivity contribution < 1.29 is 9.50 Å². The van der Waals surface area contributed by atoms with E-state index in [1.54, 1.807) is 12.1 Å². The van der Waals surface area contributed by atoms with Gasteiger partial charge in [-0.05, 0) is 31.9 Å². The highest BCUT2D eigenvalue weighted by molar-refractivity contribution is 5.86. The minimum absolute atomic E-state index is 0.130. The van der Waals surface area contributed by atoms with Gasteiger partial charge in [-0.3, -0.25) is 0 Å². The Labute approximate surface area is 173 Å². The molecule has 0 saturated heterocycles. The minimum Gasteiger partial charge on any atom is -0.396 e. The predicted octanol–water partition coefficient (Wildman–Crippen LogP) is 5.31. The molecule has 0 aliphatic carbocycles. The van der Waals surface area contributed by atoms with Crippen LogP contribution in [0.1, 0.15) is 57.8 Å². The van der Waals surface area contributed by atoms with E-state index in [0.717, 1.165) is 36.1 Å². The van der Waals surface area contributed by atoms with Crippen LogP contribution in [0.25, 0.3) is 11.0 Å². The zero-order valence-corrected chi connectivity index (χ0v) is 18.0. The van der Waals surface area contributed by atoms with E-state index in [4.69, 9.17) is 0 Å². The third-order valence-corrected chi connectivity index (χ3v) is 4.75. The fourth-order valence-corrected chi connectivity index (χ4v) is 3.35. The van der Waals surface area contributed by atoms with E-state index < -0.39 is 0 Å². The Balaban J connectivity index is 0.00000145. The maximum atomic E-state index is 14.1. The van der Waals surface area contributed by atoms with Gasteiger partial charge in [0.1, 0.15) is 17.2 Å². The molecule has 0 unspecified atom stereocenters. The zero-order chi connectivity index (χ0) is 21.2. The summed E-state index contributed by atoms with van der Waals surface area (Å²) < 4.78 is 16.1. The molecule has 3 rings (SSSR count). The number of unbranched alkanes of at least 4 members (excludes halogenated alkanes) is 1. The molecule has 0 bridgehead atoms. The first-order valence-electron chi connectivity index (χ1n) is 10.6. The molecule has 3 aromatic rings. The monoisotopic (exact) mass is 400 g/mol. The Morgan fingerprint density at radius 1 is 1.14 bits per heavy atom. The van der Waals surface area contributed by atoms with Crippen LogP contribution in [0.5, 0.6) is 0 Å². The van der Waals surface area contributed by atoms with Crippen LogP contribution in [-0.4, -0.2) is 32.3 Å². The molecule has 2 aromatic heterocycles. The van der Waals surface area contributed by atoms with Crippen LogP contribution in [0.3, 0.4) is 0 Å². The number of halogens is 1. The molecule has 0 aliphatic rings. The van der Waals surface area contributed by atoms with Crippen molar-refractivity contribution in [2.45, 2.75) is 66.0 Å². The number of fused-ring (bicyclic) bond motifs is 1. The number of aliphatic hydroxyl groups is 1. The van der Waals surface area contributed by atoms with Gasteiger partial charge in [-0.15, -0.1) is 0 Å². The fraction of sp³-hybridized carbons (Fsp3) is 0.478. The topological polar surface area (TPSA) is 63.0 Å². The quantitative estimate of drug-likeness (QED) is 0.511. The lowest BCUT2D eigenvalue weighted by molar-refractivity contribution is 0.276. The van der Waals surface area contributed by atoms with Crippen molar-refractivity contribution in [1.82, 2.24) is 14.5 Å². The standard InChI is InChI=1S/C21H27FN4O.C2H6/c1-3-4-8-17(11-13-27)25-21-20-19(23-15(2)24-21)10-12-26(20)14-16-7-5-6-9-18(16)22;1-2/h5-7,9-10,12,17,27H,3-4,8,11,13-14H2,1-2H3,(H,23,24,25);1-2H3/t17-;/m0./s1. The number of hydrogen-bond donors (Lipinski definition) is 2. The van der Waals surface area contributed by atoms with Crippen LogP contribution in [0, 0.1) is 12.7 Å². The maximum absolute atomic E-state index is 14.1. The molecule has 2 heterocycles. The number of aryl methyl sites for hydroxylation is 1. The second-order valence-electron chi connectivity index (χ2n) is 6.88. The van der Waals surface area contributed by atoms with Crippen LogP contribution in [0.2, 0.25) is 0 Å². The number of anilines is 1. The number of benzene rings is 1. The van der Waals surface area contributed by atoms with Crippen molar-refractivity contribution >= 4 is 16.9 Å². The molecule has 2 N–H and O–H groups in total. The van der Waals surface area contributed by atoms with E-state index in [-0.39, 0.29) is 18.5 Å². The molecule has 0 spiro atoms. The van der Waals surface area contributed by atoms with Gasteiger partial charge in [0.05, 0.1) is 12.1 Å². The van der Waals surface area contributed by atoms with Crippen molar-refractivity contribution in [3.63, 3.8) is 0 Å². The van der Waals surface area contributed by atoms with Gasteiger partial charge in [0.2, 0.25) is 0 Å². The van der Waals surface area contributed by atoms with E-state index >= 15 is 0 Å². The van der Waals surface area contributed by atoms with E-state index in [9.17, 15) is 9.50 Å². The third kappa shape index (κ3) is 6.00. The largest absolute Gasteiger partial charge is 0.396 e. The van der Waals surface area contributed by atoms with Gasteiger partial charge in [0.25, 0.3) is 0 Å². The Hall–Kier alpha value is -2.47. The highest BCUT2D eigenvalue weighted by atomic mass is 19.1. The number of aromatic nitrogens is 3. The van der Waals surface area contributed by atoms with Crippen LogP contribution < -0.4 is 5.32 Å².